The molecule has 0 aliphatic rings. The summed E-state index contributed by atoms with van der Waals surface area (Å²) in [7, 11) is 0. The number of rotatable bonds is 10. The van der Waals surface area contributed by atoms with Crippen LogP contribution >= 0.6 is 0 Å². The Morgan fingerprint density at radius 2 is 1.44 bits per heavy atom. The van der Waals surface area contributed by atoms with Gasteiger partial charge in [0.2, 0.25) is 0 Å². The van der Waals surface area contributed by atoms with Crippen molar-refractivity contribution >= 4 is 27.0 Å². The summed E-state index contributed by atoms with van der Waals surface area (Å²) in [6.07, 6.45) is 6.32. The van der Waals surface area contributed by atoms with Crippen molar-refractivity contribution in [3.63, 3.8) is 0 Å². The van der Waals surface area contributed by atoms with E-state index in [1.165, 1.54) is 36.2 Å². The third-order valence-corrected chi connectivity index (χ3v) is 4.03. The number of Topliss-reactive ketones (excluding diaryl/α,β-unsaturated/α-hetero) is 1. The molecule has 0 saturated heterocycles. The molecule has 18 heavy (non-hydrogen) atoms. The zero-order chi connectivity index (χ0) is 14.2. The van der Waals surface area contributed by atoms with Crippen LogP contribution in [0.3, 0.4) is 0 Å². The monoisotopic (exact) mass is 270 g/mol. The van der Waals surface area contributed by atoms with Crippen LogP contribution in [0.25, 0.3) is 0 Å². The maximum atomic E-state index is 10.4. The number of ketones is 1. The van der Waals surface area contributed by atoms with Gasteiger partial charge in [0, 0.05) is 18.8 Å². The molecule has 0 bridgehead atoms. The predicted molar refractivity (Wildman–Crippen MR) is 74.7 cm³/mol. The van der Waals surface area contributed by atoms with Crippen LogP contribution in [0.2, 0.25) is 10.6 Å². The Morgan fingerprint density at radius 3 is 1.78 bits per heavy atom. The second-order valence-corrected chi connectivity index (χ2v) is 6.14. The van der Waals surface area contributed by atoms with E-state index in [1.807, 2.05) is 6.92 Å². The fraction of sp³-hybridized carbons (Fsp3) is 0.857. The Hall–Kier alpha value is -0.328. The van der Waals surface area contributed by atoms with E-state index in [1.54, 1.807) is 0 Å². The van der Waals surface area contributed by atoms with Crippen LogP contribution in [-0.2, 0) is 9.59 Å². The number of unbranched alkanes of at least 4 members (excludes halogenated alkanes) is 2. The molecule has 0 aliphatic carbocycles. The summed E-state index contributed by atoms with van der Waals surface area (Å²) < 4.78 is 0. The standard InChI is InChI=1S/C6H10O3.2C4H9.Al/c1-2-3-5(7)4-6(8)9;2*1-3-4-2;/h2-4H2,1H3,(H,8,9);2*1,3-4H2,2H3;/q;;;+1/p-1. The summed E-state index contributed by atoms with van der Waals surface area (Å²) in [5.74, 6) is -1.54. The molecule has 0 atom stereocenters. The van der Waals surface area contributed by atoms with Gasteiger partial charge in [-0.15, -0.1) is 0 Å². The quantitative estimate of drug-likeness (QED) is 0.348. The molecular weight excluding hydrogens is 243 g/mol. The molecule has 0 aromatic carbocycles. The number of hydrogen-bond acceptors (Lipinski definition) is 3. The molecule has 0 aliphatic heterocycles. The minimum absolute atomic E-state index is 0.252. The minimum atomic E-state index is -1.28. The van der Waals surface area contributed by atoms with Crippen LogP contribution in [0, 0.1) is 0 Å². The maximum absolute atomic E-state index is 10.4. The third kappa shape index (κ3) is 21.0. The molecule has 0 fully saturated rings. The first-order valence-corrected chi connectivity index (χ1v) is 8.74. The molecule has 0 N–H and O–H groups in total. The van der Waals surface area contributed by atoms with E-state index in [9.17, 15) is 14.7 Å². The number of aliphatic carboxylic acids is 1. The summed E-state index contributed by atoms with van der Waals surface area (Å²) in [5.41, 5.74) is 0. The second-order valence-electron chi connectivity index (χ2n) is 4.41. The van der Waals surface area contributed by atoms with E-state index in [-0.39, 0.29) is 5.78 Å². The van der Waals surface area contributed by atoms with E-state index < -0.39 is 12.4 Å². The van der Waals surface area contributed by atoms with E-state index in [0.717, 1.165) is 15.2 Å². The van der Waals surface area contributed by atoms with Crippen LogP contribution in [0.1, 0.15) is 65.7 Å². The first kappa shape index (κ1) is 20.0. The summed E-state index contributed by atoms with van der Waals surface area (Å²) in [4.78, 5) is 20.2. The summed E-state index contributed by atoms with van der Waals surface area (Å²) in [5, 5.41) is 12.8. The van der Waals surface area contributed by atoms with Gasteiger partial charge in [0.15, 0.2) is 0 Å². The van der Waals surface area contributed by atoms with Gasteiger partial charge in [-0.25, -0.2) is 0 Å². The Balaban J connectivity index is 0. The third-order valence-electron chi connectivity index (χ3n) is 2.39. The molecule has 0 unspecified atom stereocenters. The van der Waals surface area contributed by atoms with Gasteiger partial charge < -0.3 is 9.90 Å². The average molecular weight is 270 g/mol. The first-order chi connectivity index (χ1) is 8.58. The second kappa shape index (κ2) is 16.7. The van der Waals surface area contributed by atoms with Crippen molar-refractivity contribution < 1.29 is 14.7 Å². The van der Waals surface area contributed by atoms with Crippen molar-refractivity contribution in [2.45, 2.75) is 76.3 Å². The van der Waals surface area contributed by atoms with Gasteiger partial charge >= 0.3 is 65.3 Å². The fourth-order valence-electron chi connectivity index (χ4n) is 1.37. The fourth-order valence-corrected chi connectivity index (χ4v) is 3.05. The van der Waals surface area contributed by atoms with E-state index in [0.29, 0.717) is 12.8 Å². The molecule has 0 amide bonds. The number of carboxylic acid groups (broad SMARTS) is 1. The Morgan fingerprint density at radius 1 is 0.944 bits per heavy atom. The summed E-state index contributed by atoms with van der Waals surface area (Å²) >= 11 is 0.818. The summed E-state index contributed by atoms with van der Waals surface area (Å²) in [6, 6.07) is 0. The van der Waals surface area contributed by atoms with Gasteiger partial charge in [0.05, 0.1) is 0 Å². The van der Waals surface area contributed by atoms with E-state index in [2.05, 4.69) is 13.8 Å². The van der Waals surface area contributed by atoms with Gasteiger partial charge in [-0.3, -0.25) is 4.79 Å². The van der Waals surface area contributed by atoms with Crippen molar-refractivity contribution in [2.75, 3.05) is 0 Å². The van der Waals surface area contributed by atoms with E-state index >= 15 is 0 Å². The summed E-state index contributed by atoms with van der Waals surface area (Å²) in [6.45, 7) is 6.38. The normalized spacial score (nSPS) is 9.06. The molecular formula is C14H27AlO3. The van der Waals surface area contributed by atoms with Gasteiger partial charge in [0.1, 0.15) is 5.78 Å². The zero-order valence-electron chi connectivity index (χ0n) is 12.2. The Bertz CT molecular complexity index is 199. The topological polar surface area (TPSA) is 57.2 Å². The van der Waals surface area contributed by atoms with Crippen LogP contribution in [0.15, 0.2) is 0 Å². The Kier molecular flexibility index (Phi) is 18.5. The van der Waals surface area contributed by atoms with Crippen LogP contribution in [-0.4, -0.2) is 27.0 Å². The van der Waals surface area contributed by atoms with Crippen molar-refractivity contribution in [1.82, 2.24) is 0 Å². The molecule has 4 heteroatoms. The van der Waals surface area contributed by atoms with Gasteiger partial charge in [0.25, 0.3) is 0 Å². The Labute approximate surface area is 118 Å². The number of carbonyl (C=O) groups is 2. The number of carbonyl (C=O) groups excluding carboxylic acids is 2. The van der Waals surface area contributed by atoms with Crippen LogP contribution < -0.4 is 5.11 Å². The molecule has 104 valence electrons. The SMILES string of the molecule is CCCC(=O)CC(=O)[O-].CCC[CH2][Al+][CH2]CCC. The zero-order valence-corrected chi connectivity index (χ0v) is 13.3. The van der Waals surface area contributed by atoms with Crippen molar-refractivity contribution in [1.29, 1.82) is 0 Å². The molecule has 0 aromatic heterocycles. The van der Waals surface area contributed by atoms with E-state index in [4.69, 9.17) is 0 Å². The number of carboxylic acids is 1. The molecule has 0 spiro atoms. The molecule has 0 aromatic rings. The van der Waals surface area contributed by atoms with Crippen LogP contribution in [0.5, 0.6) is 0 Å². The number of hydrogen-bond donors (Lipinski definition) is 0. The van der Waals surface area contributed by atoms with Crippen molar-refractivity contribution in [3.05, 3.63) is 0 Å². The van der Waals surface area contributed by atoms with Gasteiger partial charge in [-0.1, -0.05) is 6.92 Å². The van der Waals surface area contributed by atoms with Crippen molar-refractivity contribution in [3.8, 4) is 0 Å². The molecule has 0 rings (SSSR count). The molecule has 0 heterocycles. The molecule has 3 nitrogen and oxygen atoms in total. The van der Waals surface area contributed by atoms with Gasteiger partial charge in [-0.05, 0) is 6.42 Å². The van der Waals surface area contributed by atoms with Gasteiger partial charge in [-0.2, -0.15) is 0 Å². The molecule has 0 saturated carbocycles. The predicted octanol–water partition coefficient (Wildman–Crippen LogP) is 2.62. The first-order valence-electron chi connectivity index (χ1n) is 7.11. The molecule has 0 radical (unpaired) electrons. The van der Waals surface area contributed by atoms with Crippen LogP contribution in [0.4, 0.5) is 0 Å². The van der Waals surface area contributed by atoms with Crippen molar-refractivity contribution in [2.24, 2.45) is 0 Å². The average Bonchev–Trinajstić information content (AvgIpc) is 2.29.